The minimum Gasteiger partial charge on any atom is -0.294 e. The standard InChI is InChI=1S/C24H18N.Ir/c1-24(2)21-10-6-5-9-19(21)20-15-25-23(14-22(20)24)18-12-11-16-7-3-4-8-17(16)13-18;/h3-12,14-15H,1-2H3;/q-1;. The summed E-state index contributed by atoms with van der Waals surface area (Å²) in [4.78, 5) is 4.76. The van der Waals surface area contributed by atoms with Crippen molar-refractivity contribution in [2.75, 3.05) is 0 Å². The average molecular weight is 513 g/mol. The molecule has 0 amide bonds. The number of hydrogen-bond donors (Lipinski definition) is 0. The molecule has 1 aliphatic rings. The van der Waals surface area contributed by atoms with E-state index >= 15 is 0 Å². The van der Waals surface area contributed by atoms with E-state index in [0.29, 0.717) is 0 Å². The summed E-state index contributed by atoms with van der Waals surface area (Å²) in [6.07, 6.45) is 2.03. The van der Waals surface area contributed by atoms with Crippen LogP contribution in [0, 0.1) is 6.07 Å². The molecule has 0 atom stereocenters. The monoisotopic (exact) mass is 513 g/mol. The van der Waals surface area contributed by atoms with Gasteiger partial charge in [-0.3, -0.25) is 4.98 Å². The summed E-state index contributed by atoms with van der Waals surface area (Å²) in [7, 11) is 0. The number of hydrogen-bond acceptors (Lipinski definition) is 1. The van der Waals surface area contributed by atoms with E-state index in [4.69, 9.17) is 4.98 Å². The van der Waals surface area contributed by atoms with Crippen LogP contribution >= 0.6 is 0 Å². The topological polar surface area (TPSA) is 12.9 Å². The van der Waals surface area contributed by atoms with Crippen molar-refractivity contribution >= 4 is 10.8 Å². The minimum atomic E-state index is 0. The molecule has 5 rings (SSSR count). The molecule has 1 heterocycles. The van der Waals surface area contributed by atoms with Crippen molar-refractivity contribution in [1.29, 1.82) is 0 Å². The van der Waals surface area contributed by atoms with Gasteiger partial charge in [0.2, 0.25) is 0 Å². The molecule has 3 aromatic carbocycles. The van der Waals surface area contributed by atoms with Gasteiger partial charge < -0.3 is 0 Å². The van der Waals surface area contributed by atoms with Crippen LogP contribution in [0.2, 0.25) is 0 Å². The van der Waals surface area contributed by atoms with Crippen LogP contribution in [-0.4, -0.2) is 4.98 Å². The predicted octanol–water partition coefficient (Wildman–Crippen LogP) is 6.01. The molecule has 0 N–H and O–H groups in total. The Morgan fingerprint density at radius 2 is 1.58 bits per heavy atom. The molecule has 4 aromatic rings. The van der Waals surface area contributed by atoms with Crippen molar-refractivity contribution in [3.05, 3.63) is 90.1 Å². The molecule has 26 heavy (non-hydrogen) atoms. The molecule has 1 radical (unpaired) electrons. The second kappa shape index (κ2) is 6.16. The van der Waals surface area contributed by atoms with E-state index in [1.54, 1.807) is 0 Å². The van der Waals surface area contributed by atoms with Gasteiger partial charge in [-0.05, 0) is 16.7 Å². The number of rotatable bonds is 1. The summed E-state index contributed by atoms with van der Waals surface area (Å²) in [5.41, 5.74) is 7.33. The van der Waals surface area contributed by atoms with Crippen LogP contribution in [0.25, 0.3) is 33.2 Å². The molecule has 0 bridgehead atoms. The minimum absolute atomic E-state index is 0. The second-order valence-electron chi connectivity index (χ2n) is 7.24. The molecule has 0 saturated carbocycles. The van der Waals surface area contributed by atoms with Crippen molar-refractivity contribution < 1.29 is 20.1 Å². The zero-order valence-corrected chi connectivity index (χ0v) is 17.1. The Bertz CT molecular complexity index is 1130. The Morgan fingerprint density at radius 1 is 0.808 bits per heavy atom. The molecule has 2 heteroatoms. The molecule has 1 aliphatic carbocycles. The number of fused-ring (bicyclic) bond motifs is 4. The number of aromatic nitrogens is 1. The third kappa shape index (κ3) is 2.45. The number of pyridine rings is 1. The van der Waals surface area contributed by atoms with E-state index in [1.807, 2.05) is 6.20 Å². The number of benzene rings is 3. The Kier molecular flexibility index (Phi) is 4.06. The van der Waals surface area contributed by atoms with Crippen LogP contribution in [0.15, 0.2) is 72.9 Å². The van der Waals surface area contributed by atoms with Gasteiger partial charge in [0.05, 0.1) is 0 Å². The van der Waals surface area contributed by atoms with Crippen molar-refractivity contribution in [3.8, 4) is 22.4 Å². The Hall–Kier alpha value is -2.28. The van der Waals surface area contributed by atoms with Gasteiger partial charge in [0.25, 0.3) is 0 Å². The van der Waals surface area contributed by atoms with E-state index in [2.05, 4.69) is 86.6 Å². The Morgan fingerprint density at radius 3 is 2.46 bits per heavy atom. The molecule has 1 aromatic heterocycles. The van der Waals surface area contributed by atoms with Gasteiger partial charge in [0, 0.05) is 43.0 Å². The summed E-state index contributed by atoms with van der Waals surface area (Å²) in [5.74, 6) is 0. The Labute approximate surface area is 167 Å². The fourth-order valence-electron chi connectivity index (χ4n) is 4.01. The molecule has 0 fully saturated rings. The van der Waals surface area contributed by atoms with Gasteiger partial charge in [-0.25, -0.2) is 0 Å². The summed E-state index contributed by atoms with van der Waals surface area (Å²) in [6, 6.07) is 27.0. The third-order valence-corrected chi connectivity index (χ3v) is 5.40. The largest absolute Gasteiger partial charge is 0.294 e. The van der Waals surface area contributed by atoms with Crippen LogP contribution in [0.3, 0.4) is 0 Å². The van der Waals surface area contributed by atoms with Crippen LogP contribution in [0.5, 0.6) is 0 Å². The van der Waals surface area contributed by atoms with E-state index in [-0.39, 0.29) is 25.5 Å². The molecule has 1 nitrogen and oxygen atoms in total. The summed E-state index contributed by atoms with van der Waals surface area (Å²) >= 11 is 0. The van der Waals surface area contributed by atoms with Crippen molar-refractivity contribution in [1.82, 2.24) is 4.98 Å². The maximum Gasteiger partial charge on any atom is 0.0264 e. The first-order valence-corrected chi connectivity index (χ1v) is 8.66. The normalized spacial score (nSPS) is 13.8. The maximum atomic E-state index is 4.76. The molecular weight excluding hydrogens is 494 g/mol. The van der Waals surface area contributed by atoms with Crippen LogP contribution in [-0.2, 0) is 25.5 Å². The van der Waals surface area contributed by atoms with Gasteiger partial charge in [0.15, 0.2) is 0 Å². The zero-order chi connectivity index (χ0) is 17.0. The van der Waals surface area contributed by atoms with Gasteiger partial charge in [-0.1, -0.05) is 73.3 Å². The van der Waals surface area contributed by atoms with Crippen molar-refractivity contribution in [2.45, 2.75) is 19.3 Å². The van der Waals surface area contributed by atoms with Crippen molar-refractivity contribution in [2.24, 2.45) is 0 Å². The van der Waals surface area contributed by atoms with Crippen LogP contribution < -0.4 is 0 Å². The molecule has 0 aliphatic heterocycles. The van der Waals surface area contributed by atoms with E-state index in [0.717, 1.165) is 16.6 Å². The predicted molar refractivity (Wildman–Crippen MR) is 104 cm³/mol. The van der Waals surface area contributed by atoms with Crippen molar-refractivity contribution in [3.63, 3.8) is 0 Å². The van der Waals surface area contributed by atoms with Gasteiger partial charge in [-0.2, -0.15) is 0 Å². The fraction of sp³-hybridized carbons (Fsp3) is 0.125. The summed E-state index contributed by atoms with van der Waals surface area (Å²) < 4.78 is 0. The summed E-state index contributed by atoms with van der Waals surface area (Å²) in [5, 5.41) is 2.34. The first kappa shape index (κ1) is 17.1. The van der Waals surface area contributed by atoms with Gasteiger partial charge in [0.1, 0.15) is 0 Å². The SMILES string of the molecule is CC1(C)c2ccccc2-c2cnc(-c3[c-]c4ccccc4cc3)cc21.[Ir]. The quantitative estimate of drug-likeness (QED) is 0.285. The van der Waals surface area contributed by atoms with Crippen LogP contribution in [0.1, 0.15) is 25.0 Å². The molecule has 0 unspecified atom stereocenters. The molecule has 0 spiro atoms. The second-order valence-corrected chi connectivity index (χ2v) is 7.24. The third-order valence-electron chi connectivity index (χ3n) is 5.40. The van der Waals surface area contributed by atoms with Gasteiger partial charge >= 0.3 is 0 Å². The Balaban J connectivity index is 0.00000168. The molecular formula is C24H18IrN-. The van der Waals surface area contributed by atoms with E-state index in [1.165, 1.54) is 27.6 Å². The number of nitrogens with zero attached hydrogens (tertiary/aromatic N) is 1. The zero-order valence-electron chi connectivity index (χ0n) is 14.7. The van der Waals surface area contributed by atoms with E-state index < -0.39 is 0 Å². The first-order valence-electron chi connectivity index (χ1n) is 8.66. The average Bonchev–Trinajstić information content (AvgIpc) is 2.89. The fourth-order valence-corrected chi connectivity index (χ4v) is 4.01. The van der Waals surface area contributed by atoms with E-state index in [9.17, 15) is 0 Å². The van der Waals surface area contributed by atoms with Gasteiger partial charge in [-0.15, -0.1) is 29.7 Å². The molecule has 0 saturated heterocycles. The molecule has 129 valence electrons. The summed E-state index contributed by atoms with van der Waals surface area (Å²) in [6.45, 7) is 4.59. The first-order chi connectivity index (χ1) is 12.1. The maximum absolute atomic E-state index is 4.76. The van der Waals surface area contributed by atoms with Crippen LogP contribution in [0.4, 0.5) is 0 Å². The smallest absolute Gasteiger partial charge is 0.0264 e.